The zero-order chi connectivity index (χ0) is 20.5. The van der Waals surface area contributed by atoms with Crippen LogP contribution < -0.4 is 5.32 Å². The molecule has 2 N–H and O–H groups in total. The van der Waals surface area contributed by atoms with Gasteiger partial charge < -0.3 is 5.32 Å². The third kappa shape index (κ3) is 6.27. The molecule has 3 rings (SSSR count). The molecule has 3 nitrogen and oxygen atoms in total. The molecule has 0 fully saturated rings. The Morgan fingerprint density at radius 2 is 1.61 bits per heavy atom. The summed E-state index contributed by atoms with van der Waals surface area (Å²) in [5.41, 5.74) is 9.29. The fraction of sp³-hybridized carbons (Fsp3) is 0.240. The average Bonchev–Trinajstić information content (AvgIpc) is 3.17. The maximum atomic E-state index is 4.26. The van der Waals surface area contributed by atoms with Gasteiger partial charge in [-0.25, -0.2) is 0 Å². The first-order chi connectivity index (χ1) is 13.4. The minimum absolute atomic E-state index is 0.999. The summed E-state index contributed by atoms with van der Waals surface area (Å²) >= 11 is 0. The molecule has 1 aromatic heterocycles. The average molecular weight is 374 g/mol. The van der Waals surface area contributed by atoms with Gasteiger partial charge in [0.05, 0.1) is 5.69 Å². The first kappa shape index (κ1) is 21.2. The number of H-pyrrole nitrogens is 1. The molecular formula is C25H31N3. The molecule has 2 aromatic carbocycles. The Balaban J connectivity index is 0.000000200. The summed E-state index contributed by atoms with van der Waals surface area (Å²) in [6.07, 6.45) is 3.05. The van der Waals surface area contributed by atoms with Gasteiger partial charge in [0.1, 0.15) is 0 Å². The predicted octanol–water partition coefficient (Wildman–Crippen LogP) is 6.08. The Morgan fingerprint density at radius 3 is 2.07 bits per heavy atom. The maximum absolute atomic E-state index is 4.26. The van der Waals surface area contributed by atoms with E-state index >= 15 is 0 Å². The number of benzene rings is 2. The van der Waals surface area contributed by atoms with Crippen molar-refractivity contribution in [2.45, 2.75) is 34.1 Å². The fourth-order valence-corrected chi connectivity index (χ4v) is 2.69. The number of rotatable bonds is 5. The molecule has 0 saturated carbocycles. The fourth-order valence-electron chi connectivity index (χ4n) is 2.69. The van der Waals surface area contributed by atoms with E-state index in [2.05, 4.69) is 97.5 Å². The molecule has 0 radical (unpaired) electrons. The van der Waals surface area contributed by atoms with Crippen molar-refractivity contribution in [3.05, 3.63) is 95.2 Å². The second kappa shape index (κ2) is 10.3. The highest BCUT2D eigenvalue weighted by molar-refractivity contribution is 5.66. The summed E-state index contributed by atoms with van der Waals surface area (Å²) < 4.78 is 0. The van der Waals surface area contributed by atoms with E-state index in [-0.39, 0.29) is 0 Å². The van der Waals surface area contributed by atoms with Crippen LogP contribution in [0.4, 0.5) is 0 Å². The Labute approximate surface area is 169 Å². The minimum Gasteiger partial charge on any atom is -0.388 e. The van der Waals surface area contributed by atoms with Crippen LogP contribution in [0.15, 0.2) is 72.8 Å². The Kier molecular flexibility index (Phi) is 7.82. The van der Waals surface area contributed by atoms with Gasteiger partial charge in [-0.1, -0.05) is 78.7 Å². The molecule has 3 aromatic rings. The normalized spacial score (nSPS) is 10.8. The van der Waals surface area contributed by atoms with E-state index in [0.717, 1.165) is 23.4 Å². The summed E-state index contributed by atoms with van der Waals surface area (Å²) in [5, 5.41) is 10.4. The standard InChI is InChI=1S/C13H17N.C12H14N2/c1-10(2)9-13(14-4)12-7-5-11(3)6-8-12;1-3-11-8-12(14-13-11)10-6-4-9(2)5-7-10/h5-9,14H,1H2,2-4H3;4-8H,3H2,1-2H3,(H,13,14)/b13-9-;. The molecule has 0 bridgehead atoms. The molecule has 0 spiro atoms. The van der Waals surface area contributed by atoms with Crippen LogP contribution in [0.2, 0.25) is 0 Å². The second-order valence-corrected chi connectivity index (χ2v) is 7.02. The molecule has 3 heteroatoms. The van der Waals surface area contributed by atoms with E-state index < -0.39 is 0 Å². The molecule has 0 aliphatic heterocycles. The van der Waals surface area contributed by atoms with E-state index in [1.54, 1.807) is 0 Å². The number of allylic oxidation sites excluding steroid dienone is 2. The largest absolute Gasteiger partial charge is 0.388 e. The van der Waals surface area contributed by atoms with Crippen LogP contribution in [0.1, 0.15) is 36.2 Å². The summed E-state index contributed by atoms with van der Waals surface area (Å²) in [6.45, 7) is 12.2. The molecule has 28 heavy (non-hydrogen) atoms. The number of hydrogen-bond acceptors (Lipinski definition) is 2. The van der Waals surface area contributed by atoms with Crippen LogP contribution in [0.5, 0.6) is 0 Å². The van der Waals surface area contributed by atoms with Crippen LogP contribution in [0.3, 0.4) is 0 Å². The highest BCUT2D eigenvalue weighted by atomic mass is 15.1. The Hall–Kier alpha value is -3.07. The molecule has 0 aliphatic rings. The van der Waals surface area contributed by atoms with Crippen molar-refractivity contribution in [1.29, 1.82) is 0 Å². The number of aryl methyl sites for hydroxylation is 3. The molecule has 0 amide bonds. The number of nitrogens with one attached hydrogen (secondary N) is 2. The maximum Gasteiger partial charge on any atom is 0.0923 e. The zero-order valence-electron chi connectivity index (χ0n) is 17.6. The van der Waals surface area contributed by atoms with Gasteiger partial charge in [-0.15, -0.1) is 0 Å². The summed E-state index contributed by atoms with van der Waals surface area (Å²) in [6, 6.07) is 19.0. The molecule has 0 saturated heterocycles. The highest BCUT2D eigenvalue weighted by Crippen LogP contribution is 2.18. The van der Waals surface area contributed by atoms with Crippen molar-refractivity contribution in [1.82, 2.24) is 15.5 Å². The molecule has 0 aliphatic carbocycles. The van der Waals surface area contributed by atoms with E-state index in [1.807, 2.05) is 20.0 Å². The van der Waals surface area contributed by atoms with Crippen LogP contribution in [0, 0.1) is 13.8 Å². The number of aromatic nitrogens is 2. The SMILES string of the molecule is C=C(C)/C=C(\NC)c1ccc(C)cc1.CCc1cc(-c2ccc(C)cc2)n[nH]1. The first-order valence-corrected chi connectivity index (χ1v) is 9.66. The Bertz CT molecular complexity index is 913. The summed E-state index contributed by atoms with van der Waals surface area (Å²) in [4.78, 5) is 0. The van der Waals surface area contributed by atoms with Gasteiger partial charge in [-0.05, 0) is 44.9 Å². The molecule has 146 valence electrons. The number of nitrogens with zero attached hydrogens (tertiary/aromatic N) is 1. The van der Waals surface area contributed by atoms with E-state index in [1.165, 1.54) is 27.9 Å². The van der Waals surface area contributed by atoms with Crippen LogP contribution >= 0.6 is 0 Å². The lowest BCUT2D eigenvalue weighted by Gasteiger charge is -2.07. The van der Waals surface area contributed by atoms with Gasteiger partial charge in [-0.3, -0.25) is 5.10 Å². The van der Waals surface area contributed by atoms with Gasteiger partial charge >= 0.3 is 0 Å². The van der Waals surface area contributed by atoms with Gasteiger partial charge in [0, 0.05) is 24.0 Å². The highest BCUT2D eigenvalue weighted by Gasteiger charge is 2.01. The molecule has 0 atom stereocenters. The smallest absolute Gasteiger partial charge is 0.0923 e. The third-order valence-electron chi connectivity index (χ3n) is 4.38. The second-order valence-electron chi connectivity index (χ2n) is 7.02. The molecule has 1 heterocycles. The lowest BCUT2D eigenvalue weighted by atomic mass is 10.1. The van der Waals surface area contributed by atoms with Gasteiger partial charge in [-0.2, -0.15) is 5.10 Å². The monoisotopic (exact) mass is 373 g/mol. The van der Waals surface area contributed by atoms with E-state index in [0.29, 0.717) is 0 Å². The van der Waals surface area contributed by atoms with Gasteiger partial charge in [0.2, 0.25) is 0 Å². The van der Waals surface area contributed by atoms with E-state index in [9.17, 15) is 0 Å². The summed E-state index contributed by atoms with van der Waals surface area (Å²) in [7, 11) is 1.93. The van der Waals surface area contributed by atoms with Crippen molar-refractivity contribution in [3.8, 4) is 11.3 Å². The Morgan fingerprint density at radius 1 is 1.04 bits per heavy atom. The van der Waals surface area contributed by atoms with Gasteiger partial charge in [0.15, 0.2) is 0 Å². The number of aromatic amines is 1. The third-order valence-corrected chi connectivity index (χ3v) is 4.38. The predicted molar refractivity (Wildman–Crippen MR) is 121 cm³/mol. The topological polar surface area (TPSA) is 40.7 Å². The zero-order valence-corrected chi connectivity index (χ0v) is 17.6. The minimum atomic E-state index is 0.999. The lowest BCUT2D eigenvalue weighted by molar-refractivity contribution is 0.976. The van der Waals surface area contributed by atoms with Crippen molar-refractivity contribution in [2.24, 2.45) is 0 Å². The van der Waals surface area contributed by atoms with E-state index in [4.69, 9.17) is 0 Å². The van der Waals surface area contributed by atoms with Crippen molar-refractivity contribution in [2.75, 3.05) is 7.05 Å². The van der Waals surface area contributed by atoms with Crippen LogP contribution in [0.25, 0.3) is 17.0 Å². The van der Waals surface area contributed by atoms with Crippen LogP contribution in [-0.2, 0) is 6.42 Å². The number of hydrogen-bond donors (Lipinski definition) is 2. The lowest BCUT2D eigenvalue weighted by Crippen LogP contribution is -2.04. The summed E-state index contributed by atoms with van der Waals surface area (Å²) in [5.74, 6) is 0. The van der Waals surface area contributed by atoms with Gasteiger partial charge in [0.25, 0.3) is 0 Å². The van der Waals surface area contributed by atoms with Crippen molar-refractivity contribution < 1.29 is 0 Å². The quantitative estimate of drug-likeness (QED) is 0.532. The first-order valence-electron chi connectivity index (χ1n) is 9.66. The molecular weight excluding hydrogens is 342 g/mol. The van der Waals surface area contributed by atoms with Crippen molar-refractivity contribution >= 4 is 5.70 Å². The van der Waals surface area contributed by atoms with Crippen LogP contribution in [-0.4, -0.2) is 17.2 Å². The molecule has 0 unspecified atom stereocenters. The van der Waals surface area contributed by atoms with Crippen molar-refractivity contribution in [3.63, 3.8) is 0 Å².